The van der Waals surface area contributed by atoms with Crippen LogP contribution in [0.2, 0.25) is 0 Å². The van der Waals surface area contributed by atoms with Crippen LogP contribution in [0.15, 0.2) is 0 Å². The summed E-state index contributed by atoms with van der Waals surface area (Å²) in [6.45, 7) is -2.71. The van der Waals surface area contributed by atoms with Crippen molar-refractivity contribution in [3.8, 4) is 0 Å². The van der Waals surface area contributed by atoms with Gasteiger partial charge in [-0.3, -0.25) is 40.5 Å². The zero-order valence-corrected chi connectivity index (χ0v) is 11.8. The number of rotatable bonds is 12. The zero-order chi connectivity index (χ0) is 20.0. The maximum atomic E-state index is 13.4. The number of nitro groups is 5. The van der Waals surface area contributed by atoms with E-state index in [1.165, 1.54) is 0 Å². The van der Waals surface area contributed by atoms with Gasteiger partial charge in [0.1, 0.15) is 16.3 Å². The van der Waals surface area contributed by atoms with Crippen LogP contribution in [0, 0.1) is 50.6 Å². The summed E-state index contributed by atoms with van der Waals surface area (Å²) in [5.41, 5.74) is 0. The molecular weight excluding hydrogens is 370 g/mol. The van der Waals surface area contributed by atoms with E-state index >= 15 is 0 Å². The minimum Gasteiger partial charge on any atom is -0.256 e. The van der Waals surface area contributed by atoms with Crippen LogP contribution in [-0.2, 0) is 4.74 Å². The highest BCUT2D eigenvalue weighted by atomic mass is 19.2. The first-order chi connectivity index (χ1) is 11.3. The van der Waals surface area contributed by atoms with E-state index in [9.17, 15) is 59.4 Å². The molecule has 0 spiro atoms. The molecule has 0 atom stereocenters. The average molecular weight is 378 g/mol. The number of hydrogen-bond acceptors (Lipinski definition) is 11. The van der Waals surface area contributed by atoms with Crippen molar-refractivity contribution in [2.24, 2.45) is 0 Å². The quantitative estimate of drug-likeness (QED) is 0.182. The number of hydrazine groups is 1. The highest BCUT2D eigenvalue weighted by Gasteiger charge is 2.62. The van der Waals surface area contributed by atoms with Gasteiger partial charge in [0.25, 0.3) is 0 Å². The molecule has 0 aliphatic heterocycles. The van der Waals surface area contributed by atoms with Gasteiger partial charge in [-0.05, 0) is 6.42 Å². The largest absolute Gasteiger partial charge is 0.758 e. The molecule has 0 aromatic carbocycles. The third-order valence-electron chi connectivity index (χ3n) is 2.55. The summed E-state index contributed by atoms with van der Waals surface area (Å²) in [6, 6.07) is 0. The van der Waals surface area contributed by atoms with E-state index < -0.39 is 62.9 Å². The first kappa shape index (κ1) is 21.6. The van der Waals surface area contributed by atoms with Gasteiger partial charge in [-0.2, -0.15) is 4.74 Å². The Bertz CT molecular complexity index is 557. The second-order valence-electron chi connectivity index (χ2n) is 4.12. The smallest absolute Gasteiger partial charge is 0.256 e. The lowest BCUT2D eigenvalue weighted by Gasteiger charge is -2.15. The lowest BCUT2D eigenvalue weighted by Crippen LogP contribution is -2.48. The van der Waals surface area contributed by atoms with Crippen molar-refractivity contribution in [1.29, 1.82) is 0 Å². The highest BCUT2D eigenvalue weighted by Crippen LogP contribution is 2.21. The van der Waals surface area contributed by atoms with E-state index in [0.717, 1.165) is 0 Å². The fourth-order valence-electron chi connectivity index (χ4n) is 1.26. The Morgan fingerprint density at radius 3 is 1.60 bits per heavy atom. The molecule has 0 bridgehead atoms. The SMILES string of the molecule is O=[N+]([O-])N(CCCC(F)([N+](=O)[O-])[N+](=O)[O-])COC(F)([N+](=O)[O-])[N+](=O)[O-]. The molecule has 17 nitrogen and oxygen atoms in total. The van der Waals surface area contributed by atoms with Gasteiger partial charge >= 0.3 is 12.0 Å². The summed E-state index contributed by atoms with van der Waals surface area (Å²) in [6.07, 6.45) is -7.07. The van der Waals surface area contributed by atoms with Crippen LogP contribution in [0.5, 0.6) is 0 Å². The van der Waals surface area contributed by atoms with Crippen molar-refractivity contribution in [2.45, 2.75) is 24.9 Å². The molecular formula is C6H8F2N6O11. The molecule has 142 valence electrons. The fourth-order valence-corrected chi connectivity index (χ4v) is 1.26. The monoisotopic (exact) mass is 378 g/mol. The molecule has 0 aromatic rings. The van der Waals surface area contributed by atoms with Crippen molar-refractivity contribution in [1.82, 2.24) is 5.01 Å². The van der Waals surface area contributed by atoms with Crippen LogP contribution in [0.3, 0.4) is 0 Å². The summed E-state index contributed by atoms with van der Waals surface area (Å²) in [4.78, 5) is 43.6. The maximum Gasteiger partial charge on any atom is 0.758 e. The molecule has 0 heterocycles. The van der Waals surface area contributed by atoms with Gasteiger partial charge in [-0.25, -0.2) is 10.1 Å². The van der Waals surface area contributed by atoms with Gasteiger partial charge < -0.3 is 0 Å². The molecule has 0 aromatic heterocycles. The minimum atomic E-state index is -4.71. The van der Waals surface area contributed by atoms with E-state index in [1.807, 2.05) is 0 Å². The Kier molecular flexibility index (Phi) is 6.87. The number of hydrogen-bond donors (Lipinski definition) is 0. The summed E-state index contributed by atoms with van der Waals surface area (Å²) in [5, 5.41) is 50.0. The lowest BCUT2D eigenvalue weighted by molar-refractivity contribution is -0.889. The normalized spacial score (nSPS) is 11.6. The molecule has 0 saturated heterocycles. The van der Waals surface area contributed by atoms with Crippen LogP contribution in [0.4, 0.5) is 8.78 Å². The standard InChI is InChI=1S/C6H8F2N6O11/c7-5(10(15)16,11(17)18)2-1-3-9(14(23)24)4-25-6(8,12(19)20)13(21)22/h1-4H2. The average Bonchev–Trinajstić information content (AvgIpc) is 2.48. The minimum absolute atomic E-state index is 0.234. The molecule has 0 radical (unpaired) electrons. The number of alkyl halides is 2. The summed E-state index contributed by atoms with van der Waals surface area (Å²) < 4.78 is 30.3. The molecule has 0 N–H and O–H groups in total. The number of halogens is 2. The van der Waals surface area contributed by atoms with Crippen molar-refractivity contribution < 1.29 is 38.2 Å². The second-order valence-corrected chi connectivity index (χ2v) is 4.12. The number of ether oxygens (including phenoxy) is 1. The zero-order valence-electron chi connectivity index (χ0n) is 11.8. The molecule has 19 heteroatoms. The van der Waals surface area contributed by atoms with Gasteiger partial charge in [0, 0.05) is 0 Å². The third-order valence-corrected chi connectivity index (χ3v) is 2.55. The van der Waals surface area contributed by atoms with Crippen LogP contribution in [0.25, 0.3) is 0 Å². The number of nitrogens with zero attached hydrogens (tertiary/aromatic N) is 6. The molecule has 0 rings (SSSR count). The first-order valence-electron chi connectivity index (χ1n) is 5.78. The van der Waals surface area contributed by atoms with Crippen LogP contribution < -0.4 is 0 Å². The molecule has 0 fully saturated rings. The predicted octanol–water partition coefficient (Wildman–Crippen LogP) is -0.455. The Morgan fingerprint density at radius 1 is 0.840 bits per heavy atom. The molecule has 0 amide bonds. The van der Waals surface area contributed by atoms with Crippen molar-refractivity contribution in [3.63, 3.8) is 0 Å². The van der Waals surface area contributed by atoms with E-state index in [1.54, 1.807) is 0 Å². The van der Waals surface area contributed by atoms with E-state index in [2.05, 4.69) is 4.74 Å². The van der Waals surface area contributed by atoms with Crippen LogP contribution >= 0.6 is 0 Å². The van der Waals surface area contributed by atoms with Gasteiger partial charge in [-0.1, -0.05) is 8.78 Å². The van der Waals surface area contributed by atoms with Crippen molar-refractivity contribution in [3.05, 3.63) is 50.6 Å². The summed E-state index contributed by atoms with van der Waals surface area (Å²) in [7, 11) is 0. The molecule has 0 saturated carbocycles. The van der Waals surface area contributed by atoms with E-state index in [-0.39, 0.29) is 5.01 Å². The maximum absolute atomic E-state index is 13.4. The van der Waals surface area contributed by atoms with Crippen molar-refractivity contribution in [2.75, 3.05) is 13.3 Å². The van der Waals surface area contributed by atoms with Gasteiger partial charge in [0.2, 0.25) is 0 Å². The van der Waals surface area contributed by atoms with E-state index in [4.69, 9.17) is 0 Å². The third kappa shape index (κ3) is 5.05. The van der Waals surface area contributed by atoms with Gasteiger partial charge in [0.05, 0.1) is 6.54 Å². The van der Waals surface area contributed by atoms with Crippen molar-refractivity contribution >= 4 is 0 Å². The second kappa shape index (κ2) is 7.94. The summed E-state index contributed by atoms with van der Waals surface area (Å²) >= 11 is 0. The van der Waals surface area contributed by atoms with Crippen LogP contribution in [0.1, 0.15) is 12.8 Å². The molecule has 0 aliphatic rings. The summed E-state index contributed by atoms with van der Waals surface area (Å²) in [5.74, 6) is -4.14. The Hall–Kier alpha value is -3.38. The predicted molar refractivity (Wildman–Crippen MR) is 64.5 cm³/mol. The molecule has 25 heavy (non-hydrogen) atoms. The van der Waals surface area contributed by atoms with Crippen LogP contribution in [-0.4, -0.2) is 55.0 Å². The lowest BCUT2D eigenvalue weighted by atomic mass is 10.2. The Morgan fingerprint density at radius 2 is 1.28 bits per heavy atom. The first-order valence-corrected chi connectivity index (χ1v) is 5.78. The molecule has 0 unspecified atom stereocenters. The Labute approximate surface area is 133 Å². The topological polar surface area (TPSA) is 228 Å². The highest BCUT2D eigenvalue weighted by molar-refractivity contribution is 4.55. The Balaban J connectivity index is 4.92. The fraction of sp³-hybridized carbons (Fsp3) is 1.00. The van der Waals surface area contributed by atoms with E-state index in [0.29, 0.717) is 0 Å². The molecule has 0 aliphatic carbocycles. The van der Waals surface area contributed by atoms with Gasteiger partial charge in [-0.15, -0.1) is 5.01 Å². The van der Waals surface area contributed by atoms with Gasteiger partial charge in [0.15, 0.2) is 21.6 Å².